The first-order chi connectivity index (χ1) is 7.35. The summed E-state index contributed by atoms with van der Waals surface area (Å²) in [6, 6.07) is 5.21. The van der Waals surface area contributed by atoms with Gasteiger partial charge in [-0.1, -0.05) is 12.1 Å². The topological polar surface area (TPSA) is 46.5 Å². The molecule has 0 heterocycles. The van der Waals surface area contributed by atoms with E-state index in [1.807, 2.05) is 0 Å². The summed E-state index contributed by atoms with van der Waals surface area (Å²) >= 11 is 3.28. The van der Waals surface area contributed by atoms with Crippen molar-refractivity contribution < 1.29 is 14.6 Å². The molecule has 1 rings (SSSR count). The Bertz CT molecular complexity index is 394. The van der Waals surface area contributed by atoms with E-state index in [4.69, 9.17) is 9.84 Å². The minimum atomic E-state index is -0.543. The first-order valence-electron chi connectivity index (χ1n) is 4.97. The number of rotatable bonds is 2. The molecule has 4 heteroatoms. The van der Waals surface area contributed by atoms with Crippen LogP contribution < -0.4 is 0 Å². The van der Waals surface area contributed by atoms with Gasteiger partial charge in [-0.25, -0.2) is 4.79 Å². The third-order valence-electron chi connectivity index (χ3n) is 1.87. The van der Waals surface area contributed by atoms with E-state index < -0.39 is 11.6 Å². The molecule has 16 heavy (non-hydrogen) atoms. The number of hydrogen-bond acceptors (Lipinski definition) is 3. The monoisotopic (exact) mass is 286 g/mol. The Hall–Kier alpha value is -0.870. The summed E-state index contributed by atoms with van der Waals surface area (Å²) < 4.78 is 5.90. The number of aliphatic hydroxyl groups excluding tert-OH is 1. The first-order valence-corrected chi connectivity index (χ1v) is 5.76. The maximum Gasteiger partial charge on any atom is 0.340 e. The van der Waals surface area contributed by atoms with Gasteiger partial charge in [0.05, 0.1) is 12.2 Å². The van der Waals surface area contributed by atoms with Gasteiger partial charge in [0.1, 0.15) is 5.60 Å². The van der Waals surface area contributed by atoms with E-state index in [0.717, 1.165) is 0 Å². The number of carbonyl (C=O) groups is 1. The number of hydrogen-bond donors (Lipinski definition) is 1. The highest BCUT2D eigenvalue weighted by Gasteiger charge is 2.22. The van der Waals surface area contributed by atoms with Crippen molar-refractivity contribution in [3.05, 3.63) is 33.8 Å². The molecule has 3 nitrogen and oxygen atoms in total. The molecule has 1 N–H and O–H groups in total. The maximum atomic E-state index is 11.9. The van der Waals surface area contributed by atoms with E-state index in [1.165, 1.54) is 0 Å². The fraction of sp³-hybridized carbons (Fsp3) is 0.417. The van der Waals surface area contributed by atoms with Gasteiger partial charge >= 0.3 is 5.97 Å². The molecule has 0 bridgehead atoms. The molecule has 0 atom stereocenters. The first kappa shape index (κ1) is 13.2. The Balaban J connectivity index is 3.08. The van der Waals surface area contributed by atoms with Crippen LogP contribution in [0.25, 0.3) is 0 Å². The number of aliphatic hydroxyl groups is 1. The average molecular weight is 287 g/mol. The molecular weight excluding hydrogens is 272 g/mol. The maximum absolute atomic E-state index is 11.9. The lowest BCUT2D eigenvalue weighted by molar-refractivity contribution is 0.00655. The number of benzene rings is 1. The highest BCUT2D eigenvalue weighted by atomic mass is 79.9. The van der Waals surface area contributed by atoms with E-state index in [2.05, 4.69) is 15.9 Å². The summed E-state index contributed by atoms with van der Waals surface area (Å²) in [5.41, 5.74) is 0.405. The normalized spacial score (nSPS) is 11.3. The van der Waals surface area contributed by atoms with Gasteiger partial charge in [0.2, 0.25) is 0 Å². The Morgan fingerprint density at radius 1 is 1.44 bits per heavy atom. The van der Waals surface area contributed by atoms with Gasteiger partial charge in [-0.05, 0) is 48.3 Å². The number of esters is 1. The zero-order valence-electron chi connectivity index (χ0n) is 9.58. The minimum absolute atomic E-state index is 0.186. The van der Waals surface area contributed by atoms with Crippen LogP contribution >= 0.6 is 15.9 Å². The SMILES string of the molecule is CC(C)(C)OC(=O)c1c(Br)cccc1CO. The van der Waals surface area contributed by atoms with Crippen molar-refractivity contribution in [3.8, 4) is 0 Å². The van der Waals surface area contributed by atoms with Gasteiger partial charge in [0.25, 0.3) is 0 Å². The minimum Gasteiger partial charge on any atom is -0.456 e. The lowest BCUT2D eigenvalue weighted by Gasteiger charge is -2.20. The molecule has 0 saturated heterocycles. The molecule has 0 aliphatic rings. The van der Waals surface area contributed by atoms with Gasteiger partial charge in [0.15, 0.2) is 0 Å². The molecule has 0 spiro atoms. The second-order valence-corrected chi connectivity index (χ2v) is 5.29. The van der Waals surface area contributed by atoms with Crippen LogP contribution in [0.2, 0.25) is 0 Å². The molecule has 0 fully saturated rings. The average Bonchev–Trinajstić information content (AvgIpc) is 2.14. The van der Waals surface area contributed by atoms with Crippen molar-refractivity contribution >= 4 is 21.9 Å². The molecule has 0 saturated carbocycles. The van der Waals surface area contributed by atoms with Crippen LogP contribution in [-0.4, -0.2) is 16.7 Å². The molecule has 0 aromatic heterocycles. The van der Waals surface area contributed by atoms with Crippen LogP contribution in [0.3, 0.4) is 0 Å². The van der Waals surface area contributed by atoms with Crippen molar-refractivity contribution in [2.45, 2.75) is 33.0 Å². The number of halogens is 1. The second-order valence-electron chi connectivity index (χ2n) is 4.43. The Labute approximate surface area is 104 Å². The predicted molar refractivity (Wildman–Crippen MR) is 65.2 cm³/mol. The molecule has 1 aromatic rings. The van der Waals surface area contributed by atoms with Crippen molar-refractivity contribution in [3.63, 3.8) is 0 Å². The Morgan fingerprint density at radius 2 is 2.06 bits per heavy atom. The predicted octanol–water partition coefficient (Wildman–Crippen LogP) is 2.90. The van der Waals surface area contributed by atoms with Gasteiger partial charge in [-0.15, -0.1) is 0 Å². The molecule has 0 aliphatic carbocycles. The summed E-state index contributed by atoms with van der Waals surface area (Å²) in [4.78, 5) is 11.9. The van der Waals surface area contributed by atoms with E-state index >= 15 is 0 Å². The van der Waals surface area contributed by atoms with Crippen LogP contribution in [0, 0.1) is 0 Å². The highest BCUT2D eigenvalue weighted by Crippen LogP contribution is 2.23. The lowest BCUT2D eigenvalue weighted by Crippen LogP contribution is -2.24. The quantitative estimate of drug-likeness (QED) is 0.851. The van der Waals surface area contributed by atoms with Crippen molar-refractivity contribution in [2.24, 2.45) is 0 Å². The van der Waals surface area contributed by atoms with Gasteiger partial charge in [0, 0.05) is 4.47 Å². The van der Waals surface area contributed by atoms with Gasteiger partial charge in [-0.2, -0.15) is 0 Å². The second kappa shape index (κ2) is 4.97. The van der Waals surface area contributed by atoms with Crippen LogP contribution in [0.5, 0.6) is 0 Å². The van der Waals surface area contributed by atoms with Crippen LogP contribution in [-0.2, 0) is 11.3 Å². The lowest BCUT2D eigenvalue weighted by atomic mass is 10.1. The van der Waals surface area contributed by atoms with E-state index in [-0.39, 0.29) is 6.61 Å². The van der Waals surface area contributed by atoms with Crippen LogP contribution in [0.1, 0.15) is 36.7 Å². The Kier molecular flexibility index (Phi) is 4.10. The molecule has 1 aromatic carbocycles. The van der Waals surface area contributed by atoms with Crippen molar-refractivity contribution in [1.82, 2.24) is 0 Å². The summed E-state index contributed by atoms with van der Waals surface area (Å²) in [7, 11) is 0. The van der Waals surface area contributed by atoms with E-state index in [9.17, 15) is 4.79 Å². The summed E-state index contributed by atoms with van der Waals surface area (Å²) in [6.07, 6.45) is 0. The zero-order chi connectivity index (χ0) is 12.3. The number of ether oxygens (including phenoxy) is 1. The Morgan fingerprint density at radius 3 is 2.56 bits per heavy atom. The molecule has 0 radical (unpaired) electrons. The summed E-state index contributed by atoms with van der Waals surface area (Å²) in [5.74, 6) is -0.427. The standard InChI is InChI=1S/C12H15BrO3/c1-12(2,3)16-11(15)10-8(7-14)5-4-6-9(10)13/h4-6,14H,7H2,1-3H3. The van der Waals surface area contributed by atoms with E-state index in [1.54, 1.807) is 39.0 Å². The van der Waals surface area contributed by atoms with Gasteiger partial charge < -0.3 is 9.84 Å². The van der Waals surface area contributed by atoms with Crippen LogP contribution in [0.4, 0.5) is 0 Å². The van der Waals surface area contributed by atoms with Gasteiger partial charge in [-0.3, -0.25) is 0 Å². The zero-order valence-corrected chi connectivity index (χ0v) is 11.2. The highest BCUT2D eigenvalue weighted by molar-refractivity contribution is 9.10. The summed E-state index contributed by atoms with van der Waals surface area (Å²) in [5, 5.41) is 9.16. The molecule has 0 unspecified atom stereocenters. The molecule has 88 valence electrons. The third-order valence-corrected chi connectivity index (χ3v) is 2.53. The van der Waals surface area contributed by atoms with Crippen LogP contribution in [0.15, 0.2) is 22.7 Å². The third kappa shape index (κ3) is 3.32. The van der Waals surface area contributed by atoms with Crippen molar-refractivity contribution in [1.29, 1.82) is 0 Å². The summed E-state index contributed by atoms with van der Waals surface area (Å²) in [6.45, 7) is 5.23. The smallest absolute Gasteiger partial charge is 0.340 e. The largest absolute Gasteiger partial charge is 0.456 e. The van der Waals surface area contributed by atoms with E-state index in [0.29, 0.717) is 15.6 Å². The molecule has 0 amide bonds. The van der Waals surface area contributed by atoms with Crippen molar-refractivity contribution in [2.75, 3.05) is 0 Å². The molecular formula is C12H15BrO3. The molecule has 0 aliphatic heterocycles. The number of carbonyl (C=O) groups excluding carboxylic acids is 1. The fourth-order valence-corrected chi connectivity index (χ4v) is 1.83. The fourth-order valence-electron chi connectivity index (χ4n) is 1.26.